The third-order valence-corrected chi connectivity index (χ3v) is 4.82. The SMILES string of the molecule is C[C@@]1(CC2CC2)/C(=N\O)[C@@H]2CC[C@H]1C2. The van der Waals surface area contributed by atoms with Crippen LogP contribution in [0.4, 0.5) is 0 Å². The van der Waals surface area contributed by atoms with E-state index in [2.05, 4.69) is 12.1 Å². The zero-order chi connectivity index (χ0) is 9.76. The van der Waals surface area contributed by atoms with Crippen molar-refractivity contribution in [2.75, 3.05) is 0 Å². The Kier molecular flexibility index (Phi) is 1.71. The first-order valence-electron chi connectivity index (χ1n) is 5.96. The summed E-state index contributed by atoms with van der Waals surface area (Å²) in [5, 5.41) is 12.8. The average molecular weight is 193 g/mol. The quantitative estimate of drug-likeness (QED) is 0.530. The molecular formula is C12H19NO. The zero-order valence-corrected chi connectivity index (χ0v) is 8.87. The van der Waals surface area contributed by atoms with Crippen molar-refractivity contribution in [2.45, 2.75) is 45.4 Å². The maximum absolute atomic E-state index is 9.14. The van der Waals surface area contributed by atoms with Gasteiger partial charge in [-0.2, -0.15) is 0 Å². The summed E-state index contributed by atoms with van der Waals surface area (Å²) in [5.41, 5.74) is 1.40. The van der Waals surface area contributed by atoms with Crippen LogP contribution >= 0.6 is 0 Å². The van der Waals surface area contributed by atoms with E-state index < -0.39 is 0 Å². The van der Waals surface area contributed by atoms with Crippen molar-refractivity contribution in [2.24, 2.45) is 28.3 Å². The van der Waals surface area contributed by atoms with E-state index in [1.165, 1.54) is 38.5 Å². The molecule has 2 heteroatoms. The second-order valence-corrected chi connectivity index (χ2v) is 5.76. The number of hydrogen-bond donors (Lipinski definition) is 1. The molecule has 2 nitrogen and oxygen atoms in total. The van der Waals surface area contributed by atoms with Crippen molar-refractivity contribution in [3.8, 4) is 0 Å². The Balaban J connectivity index is 1.88. The Morgan fingerprint density at radius 2 is 2.14 bits per heavy atom. The van der Waals surface area contributed by atoms with Gasteiger partial charge in [0.1, 0.15) is 0 Å². The molecule has 0 aliphatic heterocycles. The second-order valence-electron chi connectivity index (χ2n) is 5.76. The molecule has 0 saturated heterocycles. The van der Waals surface area contributed by atoms with E-state index in [0.29, 0.717) is 5.92 Å². The van der Waals surface area contributed by atoms with Gasteiger partial charge in [0, 0.05) is 11.3 Å². The fourth-order valence-corrected chi connectivity index (χ4v) is 3.87. The van der Waals surface area contributed by atoms with Crippen molar-refractivity contribution >= 4 is 5.71 Å². The molecular weight excluding hydrogens is 174 g/mol. The molecule has 0 amide bonds. The van der Waals surface area contributed by atoms with Gasteiger partial charge in [0.15, 0.2) is 0 Å². The Bertz CT molecular complexity index is 282. The molecule has 3 rings (SSSR count). The molecule has 0 spiro atoms. The van der Waals surface area contributed by atoms with Gasteiger partial charge in [-0.05, 0) is 37.5 Å². The second kappa shape index (κ2) is 2.74. The van der Waals surface area contributed by atoms with Crippen molar-refractivity contribution in [1.82, 2.24) is 0 Å². The van der Waals surface area contributed by atoms with Crippen LogP contribution in [0, 0.1) is 23.2 Å². The standard InChI is InChI=1S/C12H19NO/c1-12(7-8-2-3-8)10-5-4-9(6-10)11(12)13-14/h8-10,14H,2-7H2,1H3/b13-11-/t9-,10+,12+/m1/s1. The van der Waals surface area contributed by atoms with Crippen LogP contribution in [0.25, 0.3) is 0 Å². The minimum atomic E-state index is 0.263. The summed E-state index contributed by atoms with van der Waals surface area (Å²) in [6.45, 7) is 2.34. The molecule has 0 heterocycles. The summed E-state index contributed by atoms with van der Waals surface area (Å²) in [4.78, 5) is 0. The minimum absolute atomic E-state index is 0.263. The average Bonchev–Trinajstić information content (AvgIpc) is 2.77. The molecule has 3 aliphatic rings. The molecule has 2 bridgehead atoms. The molecule has 78 valence electrons. The normalized spacial score (nSPS) is 49.1. The highest BCUT2D eigenvalue weighted by Gasteiger charge is 2.54. The van der Waals surface area contributed by atoms with Gasteiger partial charge >= 0.3 is 0 Å². The van der Waals surface area contributed by atoms with Crippen LogP contribution in [-0.2, 0) is 0 Å². The number of rotatable bonds is 2. The Morgan fingerprint density at radius 3 is 2.79 bits per heavy atom. The lowest BCUT2D eigenvalue weighted by Crippen LogP contribution is -2.34. The van der Waals surface area contributed by atoms with Gasteiger partial charge in [0.05, 0.1) is 5.71 Å². The lowest BCUT2D eigenvalue weighted by molar-refractivity contribution is 0.248. The molecule has 0 radical (unpaired) electrons. The number of nitrogens with zero attached hydrogens (tertiary/aromatic N) is 1. The van der Waals surface area contributed by atoms with Crippen LogP contribution in [0.3, 0.4) is 0 Å². The summed E-state index contributed by atoms with van der Waals surface area (Å²) < 4.78 is 0. The molecule has 3 aliphatic carbocycles. The zero-order valence-electron chi connectivity index (χ0n) is 8.87. The van der Waals surface area contributed by atoms with Crippen LogP contribution < -0.4 is 0 Å². The molecule has 14 heavy (non-hydrogen) atoms. The predicted molar refractivity (Wildman–Crippen MR) is 55.5 cm³/mol. The fourth-order valence-electron chi connectivity index (χ4n) is 3.87. The maximum atomic E-state index is 9.14. The van der Waals surface area contributed by atoms with Gasteiger partial charge < -0.3 is 5.21 Å². The van der Waals surface area contributed by atoms with Gasteiger partial charge in [-0.3, -0.25) is 0 Å². The molecule has 0 aromatic heterocycles. The minimum Gasteiger partial charge on any atom is -0.411 e. The number of hydrogen-bond acceptors (Lipinski definition) is 2. The molecule has 0 aromatic rings. The van der Waals surface area contributed by atoms with Gasteiger partial charge in [0.25, 0.3) is 0 Å². The molecule has 3 saturated carbocycles. The number of fused-ring (bicyclic) bond motifs is 2. The van der Waals surface area contributed by atoms with Crippen LogP contribution in [0.1, 0.15) is 45.4 Å². The lowest BCUT2D eigenvalue weighted by Gasteiger charge is -2.34. The van der Waals surface area contributed by atoms with E-state index in [1.807, 2.05) is 0 Å². The van der Waals surface area contributed by atoms with Crippen molar-refractivity contribution < 1.29 is 5.21 Å². The van der Waals surface area contributed by atoms with Crippen LogP contribution in [-0.4, -0.2) is 10.9 Å². The highest BCUT2D eigenvalue weighted by molar-refractivity contribution is 5.94. The summed E-state index contributed by atoms with van der Waals surface area (Å²) in [6, 6.07) is 0. The largest absolute Gasteiger partial charge is 0.411 e. The third kappa shape index (κ3) is 1.06. The summed E-state index contributed by atoms with van der Waals surface area (Å²) in [7, 11) is 0. The molecule has 1 N–H and O–H groups in total. The molecule has 0 unspecified atom stereocenters. The van der Waals surface area contributed by atoms with E-state index in [1.54, 1.807) is 0 Å². The molecule has 3 fully saturated rings. The Morgan fingerprint density at radius 1 is 1.36 bits per heavy atom. The summed E-state index contributed by atoms with van der Waals surface area (Å²) in [5.74, 6) is 2.38. The van der Waals surface area contributed by atoms with Gasteiger partial charge in [0.2, 0.25) is 0 Å². The predicted octanol–water partition coefficient (Wildman–Crippen LogP) is 3.05. The molecule has 3 atom stereocenters. The van der Waals surface area contributed by atoms with E-state index >= 15 is 0 Å². The van der Waals surface area contributed by atoms with E-state index in [4.69, 9.17) is 5.21 Å². The Hall–Kier alpha value is -0.530. The summed E-state index contributed by atoms with van der Waals surface area (Å²) in [6.07, 6.45) is 8.03. The van der Waals surface area contributed by atoms with E-state index in [9.17, 15) is 0 Å². The van der Waals surface area contributed by atoms with Crippen LogP contribution in [0.15, 0.2) is 5.16 Å². The van der Waals surface area contributed by atoms with Gasteiger partial charge in [-0.15, -0.1) is 0 Å². The highest BCUT2D eigenvalue weighted by Crippen LogP contribution is 2.58. The first-order chi connectivity index (χ1) is 6.74. The smallest absolute Gasteiger partial charge is 0.0663 e. The monoisotopic (exact) mass is 193 g/mol. The maximum Gasteiger partial charge on any atom is 0.0663 e. The van der Waals surface area contributed by atoms with Crippen LogP contribution in [0.2, 0.25) is 0 Å². The first-order valence-corrected chi connectivity index (χ1v) is 5.96. The highest BCUT2D eigenvalue weighted by atomic mass is 16.4. The third-order valence-electron chi connectivity index (χ3n) is 4.82. The lowest BCUT2D eigenvalue weighted by atomic mass is 9.70. The van der Waals surface area contributed by atoms with E-state index in [-0.39, 0.29) is 5.41 Å². The van der Waals surface area contributed by atoms with Crippen molar-refractivity contribution in [3.63, 3.8) is 0 Å². The van der Waals surface area contributed by atoms with E-state index in [0.717, 1.165) is 17.5 Å². The van der Waals surface area contributed by atoms with Crippen molar-refractivity contribution in [3.05, 3.63) is 0 Å². The fraction of sp³-hybridized carbons (Fsp3) is 0.917. The summed E-state index contributed by atoms with van der Waals surface area (Å²) >= 11 is 0. The topological polar surface area (TPSA) is 32.6 Å². The van der Waals surface area contributed by atoms with Gasteiger partial charge in [-0.1, -0.05) is 24.9 Å². The van der Waals surface area contributed by atoms with Crippen LogP contribution in [0.5, 0.6) is 0 Å². The molecule has 0 aromatic carbocycles. The number of oxime groups is 1. The van der Waals surface area contributed by atoms with Crippen molar-refractivity contribution in [1.29, 1.82) is 0 Å². The Labute approximate surface area is 85.4 Å². The first kappa shape index (κ1) is 8.75. The van der Waals surface area contributed by atoms with Gasteiger partial charge in [-0.25, -0.2) is 0 Å².